The third-order valence-corrected chi connectivity index (χ3v) is 3.80. The zero-order chi connectivity index (χ0) is 12.3. The summed E-state index contributed by atoms with van der Waals surface area (Å²) in [4.78, 5) is 13.4. The van der Waals surface area contributed by atoms with Gasteiger partial charge in [-0.15, -0.1) is 10.2 Å². The van der Waals surface area contributed by atoms with Crippen LogP contribution in [0.15, 0.2) is 4.42 Å². The Hall–Kier alpha value is -1.04. The first-order valence-electron chi connectivity index (χ1n) is 5.76. The predicted octanol–water partition coefficient (Wildman–Crippen LogP) is 1.48. The van der Waals surface area contributed by atoms with Gasteiger partial charge < -0.3 is 9.32 Å². The van der Waals surface area contributed by atoms with E-state index in [0.29, 0.717) is 24.1 Å². The fourth-order valence-corrected chi connectivity index (χ4v) is 2.58. The first-order chi connectivity index (χ1) is 8.15. The Labute approximate surface area is 105 Å². The Morgan fingerprint density at radius 3 is 2.88 bits per heavy atom. The van der Waals surface area contributed by atoms with Gasteiger partial charge in [0.05, 0.1) is 12.3 Å². The van der Waals surface area contributed by atoms with E-state index in [1.165, 1.54) is 12.8 Å². The van der Waals surface area contributed by atoms with Crippen molar-refractivity contribution in [1.82, 2.24) is 15.1 Å². The molecular weight excluding hydrogens is 238 g/mol. The number of aryl methyl sites for hydroxylation is 1. The van der Waals surface area contributed by atoms with Crippen LogP contribution in [0.5, 0.6) is 0 Å². The average molecular weight is 255 g/mol. The number of aromatic nitrogens is 2. The van der Waals surface area contributed by atoms with Gasteiger partial charge >= 0.3 is 0 Å². The van der Waals surface area contributed by atoms with Crippen molar-refractivity contribution in [3.05, 3.63) is 11.8 Å². The molecule has 0 bridgehead atoms. The van der Waals surface area contributed by atoms with Gasteiger partial charge in [0.1, 0.15) is 0 Å². The minimum atomic E-state index is 0.117. The average Bonchev–Trinajstić information content (AvgIpc) is 3.02. The maximum Gasteiger partial charge on any atom is 0.235 e. The predicted molar refractivity (Wildman–Crippen MR) is 65.6 cm³/mol. The minimum Gasteiger partial charge on any atom is -0.424 e. The minimum absolute atomic E-state index is 0.117. The van der Waals surface area contributed by atoms with Gasteiger partial charge in [0.15, 0.2) is 0 Å². The van der Waals surface area contributed by atoms with Crippen LogP contribution < -0.4 is 0 Å². The molecule has 0 radical (unpaired) electrons. The fourth-order valence-electron chi connectivity index (χ4n) is 1.40. The van der Waals surface area contributed by atoms with Crippen LogP contribution in [0.4, 0.5) is 0 Å². The third kappa shape index (κ3) is 4.03. The molecule has 0 spiro atoms. The normalized spacial score (nSPS) is 14.9. The number of carbonyl (C=O) groups excluding carboxylic acids is 1. The molecule has 1 heterocycles. The summed E-state index contributed by atoms with van der Waals surface area (Å²) in [5, 5.41) is 7.60. The summed E-state index contributed by atoms with van der Waals surface area (Å²) in [5.41, 5.74) is 0. The van der Waals surface area contributed by atoms with Crippen molar-refractivity contribution in [2.24, 2.45) is 5.92 Å². The Bertz CT molecular complexity index is 390. The van der Waals surface area contributed by atoms with Gasteiger partial charge in [0, 0.05) is 14.0 Å². The second-order valence-corrected chi connectivity index (χ2v) is 5.45. The van der Waals surface area contributed by atoms with Crippen LogP contribution in [-0.4, -0.2) is 39.6 Å². The Morgan fingerprint density at radius 1 is 1.53 bits per heavy atom. The third-order valence-electron chi connectivity index (χ3n) is 2.64. The molecule has 1 aromatic rings. The highest BCUT2D eigenvalue weighted by molar-refractivity contribution is 7.99. The maximum absolute atomic E-state index is 11.8. The second-order valence-electron chi connectivity index (χ2n) is 4.42. The number of nitrogens with zero attached hydrogens (tertiary/aromatic N) is 3. The summed E-state index contributed by atoms with van der Waals surface area (Å²) in [6.07, 6.45) is 2.66. The highest BCUT2D eigenvalue weighted by Gasteiger charge is 2.21. The highest BCUT2D eigenvalue weighted by Crippen LogP contribution is 2.32. The fraction of sp³-hybridized carbons (Fsp3) is 0.727. The van der Waals surface area contributed by atoms with E-state index in [1.54, 1.807) is 30.6 Å². The number of hydrogen-bond donors (Lipinski definition) is 0. The monoisotopic (exact) mass is 255 g/mol. The maximum atomic E-state index is 11.8. The van der Waals surface area contributed by atoms with Gasteiger partial charge in [-0.2, -0.15) is 11.8 Å². The van der Waals surface area contributed by atoms with E-state index < -0.39 is 0 Å². The summed E-state index contributed by atoms with van der Waals surface area (Å²) in [7, 11) is 1.76. The summed E-state index contributed by atoms with van der Waals surface area (Å²) in [5.74, 6) is 3.65. The zero-order valence-electron chi connectivity index (χ0n) is 10.2. The number of amides is 1. The van der Waals surface area contributed by atoms with Crippen LogP contribution in [0.25, 0.3) is 0 Å². The van der Waals surface area contributed by atoms with Gasteiger partial charge in [-0.3, -0.25) is 4.79 Å². The Kier molecular flexibility index (Phi) is 4.04. The number of carbonyl (C=O) groups is 1. The molecule has 6 heteroatoms. The van der Waals surface area contributed by atoms with Crippen LogP contribution in [0.2, 0.25) is 0 Å². The molecule has 1 saturated carbocycles. The molecule has 0 atom stereocenters. The first kappa shape index (κ1) is 12.4. The van der Waals surface area contributed by atoms with E-state index >= 15 is 0 Å². The van der Waals surface area contributed by atoms with Gasteiger partial charge in [-0.05, 0) is 24.5 Å². The van der Waals surface area contributed by atoms with Gasteiger partial charge in [-0.25, -0.2) is 0 Å². The molecule has 0 aromatic carbocycles. The highest BCUT2D eigenvalue weighted by atomic mass is 32.2. The van der Waals surface area contributed by atoms with Gasteiger partial charge in [0.25, 0.3) is 0 Å². The number of thioether (sulfide) groups is 1. The van der Waals surface area contributed by atoms with Crippen molar-refractivity contribution in [3.63, 3.8) is 0 Å². The molecule has 0 N–H and O–H groups in total. The van der Waals surface area contributed by atoms with Crippen molar-refractivity contribution < 1.29 is 9.21 Å². The van der Waals surface area contributed by atoms with E-state index in [1.807, 2.05) is 0 Å². The molecule has 1 fully saturated rings. The van der Waals surface area contributed by atoms with E-state index in [-0.39, 0.29) is 5.91 Å². The molecule has 0 saturated heterocycles. The summed E-state index contributed by atoms with van der Waals surface area (Å²) < 4.78 is 5.23. The molecule has 0 unspecified atom stereocenters. The lowest BCUT2D eigenvalue weighted by Gasteiger charge is -2.14. The molecule has 1 aliphatic carbocycles. The Balaban J connectivity index is 1.70. The number of rotatable bonds is 6. The van der Waals surface area contributed by atoms with Crippen molar-refractivity contribution in [3.8, 4) is 0 Å². The van der Waals surface area contributed by atoms with Crippen molar-refractivity contribution in [1.29, 1.82) is 0 Å². The SMILES string of the molecule is Cc1nnc(CN(C)C(=O)CSCC2CC2)o1. The quantitative estimate of drug-likeness (QED) is 0.770. The largest absolute Gasteiger partial charge is 0.424 e. The molecule has 0 aliphatic heterocycles. The molecule has 1 aliphatic rings. The first-order valence-corrected chi connectivity index (χ1v) is 6.91. The lowest BCUT2D eigenvalue weighted by atomic mass is 10.5. The summed E-state index contributed by atoms with van der Waals surface area (Å²) in [6, 6.07) is 0. The van der Waals surface area contributed by atoms with Gasteiger partial charge in [0.2, 0.25) is 17.7 Å². The lowest BCUT2D eigenvalue weighted by molar-refractivity contribution is -0.127. The van der Waals surface area contributed by atoms with Crippen molar-refractivity contribution in [2.75, 3.05) is 18.6 Å². The second kappa shape index (κ2) is 5.53. The van der Waals surface area contributed by atoms with Crippen molar-refractivity contribution >= 4 is 17.7 Å². The van der Waals surface area contributed by atoms with E-state index in [9.17, 15) is 4.79 Å². The zero-order valence-corrected chi connectivity index (χ0v) is 11.0. The standard InChI is InChI=1S/C11H17N3O2S/c1-8-12-13-10(16-8)5-14(2)11(15)7-17-6-9-3-4-9/h9H,3-7H2,1-2H3. The van der Waals surface area contributed by atoms with Gasteiger partial charge in [-0.1, -0.05) is 0 Å². The van der Waals surface area contributed by atoms with Crippen LogP contribution in [0, 0.1) is 12.8 Å². The van der Waals surface area contributed by atoms with Crippen LogP contribution >= 0.6 is 11.8 Å². The molecular formula is C11H17N3O2S. The summed E-state index contributed by atoms with van der Waals surface area (Å²) >= 11 is 1.72. The lowest BCUT2D eigenvalue weighted by Crippen LogP contribution is -2.28. The van der Waals surface area contributed by atoms with Crippen LogP contribution in [0.1, 0.15) is 24.6 Å². The number of hydrogen-bond acceptors (Lipinski definition) is 5. The smallest absolute Gasteiger partial charge is 0.235 e. The van der Waals surface area contributed by atoms with E-state index in [4.69, 9.17) is 4.42 Å². The van der Waals surface area contributed by atoms with E-state index in [2.05, 4.69) is 10.2 Å². The van der Waals surface area contributed by atoms with Crippen LogP contribution in [0.3, 0.4) is 0 Å². The van der Waals surface area contributed by atoms with Crippen LogP contribution in [-0.2, 0) is 11.3 Å². The molecule has 94 valence electrons. The molecule has 17 heavy (non-hydrogen) atoms. The van der Waals surface area contributed by atoms with E-state index in [0.717, 1.165) is 11.7 Å². The molecule has 5 nitrogen and oxygen atoms in total. The topological polar surface area (TPSA) is 59.2 Å². The molecule has 2 rings (SSSR count). The molecule has 1 aromatic heterocycles. The summed E-state index contributed by atoms with van der Waals surface area (Å²) in [6.45, 7) is 2.13. The Morgan fingerprint density at radius 2 is 2.29 bits per heavy atom. The molecule has 1 amide bonds. The van der Waals surface area contributed by atoms with Crippen molar-refractivity contribution in [2.45, 2.75) is 26.3 Å².